The van der Waals surface area contributed by atoms with E-state index >= 15 is 0 Å². The third kappa shape index (κ3) is 2.72. The number of thiazole rings is 1. The van der Waals surface area contributed by atoms with Crippen LogP contribution in [-0.2, 0) is 6.54 Å². The Morgan fingerprint density at radius 3 is 3.10 bits per heavy atom. The van der Waals surface area contributed by atoms with E-state index in [-0.39, 0.29) is 0 Å². The van der Waals surface area contributed by atoms with Crippen LogP contribution in [0.3, 0.4) is 0 Å². The molecule has 0 atom stereocenters. The van der Waals surface area contributed by atoms with Crippen LogP contribution < -0.4 is 10.2 Å². The molecule has 0 fully saturated rings. The molecule has 0 bridgehead atoms. The maximum absolute atomic E-state index is 4.56. The third-order valence-electron chi connectivity index (χ3n) is 3.74. The predicted octanol–water partition coefficient (Wildman–Crippen LogP) is 3.52. The van der Waals surface area contributed by atoms with Crippen molar-refractivity contribution in [2.45, 2.75) is 26.3 Å². The van der Waals surface area contributed by atoms with Crippen molar-refractivity contribution in [2.75, 3.05) is 24.5 Å². The van der Waals surface area contributed by atoms with Gasteiger partial charge in [-0.1, -0.05) is 37.6 Å². The van der Waals surface area contributed by atoms with Crippen molar-refractivity contribution in [1.82, 2.24) is 10.3 Å². The number of anilines is 1. The van der Waals surface area contributed by atoms with Gasteiger partial charge in [-0.15, -0.1) is 11.3 Å². The quantitative estimate of drug-likeness (QED) is 0.824. The fourth-order valence-electron chi connectivity index (χ4n) is 2.64. The van der Waals surface area contributed by atoms with E-state index in [1.807, 2.05) is 5.51 Å². The van der Waals surface area contributed by atoms with E-state index in [0.717, 1.165) is 31.9 Å². The highest BCUT2D eigenvalue weighted by molar-refractivity contribution is 7.14. The topological polar surface area (TPSA) is 28.2 Å². The van der Waals surface area contributed by atoms with Crippen molar-refractivity contribution in [2.24, 2.45) is 0 Å². The van der Waals surface area contributed by atoms with Gasteiger partial charge in [0.1, 0.15) is 10.7 Å². The first kappa shape index (κ1) is 13.6. The molecule has 0 amide bonds. The third-order valence-corrected chi connectivity index (χ3v) is 4.62. The fraction of sp³-hybridized carbons (Fsp3) is 0.438. The number of rotatable bonds is 6. The molecular formula is C16H21N3S. The summed E-state index contributed by atoms with van der Waals surface area (Å²) >= 11 is 1.75. The molecule has 106 valence electrons. The van der Waals surface area contributed by atoms with Gasteiger partial charge in [-0.25, -0.2) is 4.98 Å². The molecule has 0 unspecified atom stereocenters. The van der Waals surface area contributed by atoms with Gasteiger partial charge in [0.15, 0.2) is 0 Å². The van der Waals surface area contributed by atoms with Crippen LogP contribution in [0.15, 0.2) is 29.8 Å². The van der Waals surface area contributed by atoms with Gasteiger partial charge in [-0.2, -0.15) is 0 Å². The lowest BCUT2D eigenvalue weighted by Gasteiger charge is -2.29. The number of hydrogen-bond donors (Lipinski definition) is 1. The minimum atomic E-state index is 1.00. The summed E-state index contributed by atoms with van der Waals surface area (Å²) in [7, 11) is 0. The highest BCUT2D eigenvalue weighted by Gasteiger charge is 2.23. The van der Waals surface area contributed by atoms with Crippen molar-refractivity contribution < 1.29 is 0 Å². The summed E-state index contributed by atoms with van der Waals surface area (Å²) in [6.45, 7) is 6.44. The van der Waals surface area contributed by atoms with Crippen LogP contribution in [0.25, 0.3) is 11.3 Å². The molecule has 1 aromatic carbocycles. The molecule has 0 saturated heterocycles. The zero-order valence-electron chi connectivity index (χ0n) is 11.9. The molecule has 1 aromatic heterocycles. The minimum Gasteiger partial charge on any atom is -0.356 e. The Balaban J connectivity index is 1.70. The largest absolute Gasteiger partial charge is 0.356 e. The number of benzene rings is 1. The van der Waals surface area contributed by atoms with Crippen LogP contribution in [0.2, 0.25) is 0 Å². The van der Waals surface area contributed by atoms with E-state index in [1.54, 1.807) is 11.3 Å². The molecule has 0 radical (unpaired) electrons. The molecule has 1 aliphatic heterocycles. The summed E-state index contributed by atoms with van der Waals surface area (Å²) in [6.07, 6.45) is 2.51. The summed E-state index contributed by atoms with van der Waals surface area (Å²) in [6, 6.07) is 8.62. The Hall–Kier alpha value is -1.39. The average molecular weight is 287 g/mol. The Labute approximate surface area is 124 Å². The van der Waals surface area contributed by atoms with Gasteiger partial charge in [-0.3, -0.25) is 0 Å². The summed E-state index contributed by atoms with van der Waals surface area (Å²) in [5, 5.41) is 4.84. The average Bonchev–Trinajstić information content (AvgIpc) is 2.97. The predicted molar refractivity (Wildman–Crippen MR) is 86.4 cm³/mol. The second-order valence-electron chi connectivity index (χ2n) is 5.19. The number of nitrogens with zero attached hydrogens (tertiary/aromatic N) is 2. The molecule has 4 heteroatoms. The highest BCUT2D eigenvalue weighted by atomic mass is 32.1. The lowest BCUT2D eigenvalue weighted by atomic mass is 10.0. The van der Waals surface area contributed by atoms with Crippen molar-refractivity contribution in [3.8, 4) is 11.3 Å². The van der Waals surface area contributed by atoms with Crippen LogP contribution in [0.5, 0.6) is 0 Å². The van der Waals surface area contributed by atoms with Crippen LogP contribution in [0.4, 0.5) is 5.00 Å². The summed E-state index contributed by atoms with van der Waals surface area (Å²) < 4.78 is 0. The van der Waals surface area contributed by atoms with E-state index in [2.05, 4.69) is 46.4 Å². The summed E-state index contributed by atoms with van der Waals surface area (Å²) in [5.41, 5.74) is 5.81. The van der Waals surface area contributed by atoms with E-state index in [9.17, 15) is 0 Å². The van der Waals surface area contributed by atoms with Gasteiger partial charge < -0.3 is 10.2 Å². The van der Waals surface area contributed by atoms with Gasteiger partial charge in [0.25, 0.3) is 0 Å². The van der Waals surface area contributed by atoms with Crippen LogP contribution >= 0.6 is 11.3 Å². The molecular weight excluding hydrogens is 266 g/mol. The van der Waals surface area contributed by atoms with Gasteiger partial charge in [0.05, 0.1) is 5.51 Å². The number of hydrogen-bond acceptors (Lipinski definition) is 4. The molecule has 1 aliphatic rings. The van der Waals surface area contributed by atoms with Crippen molar-refractivity contribution in [3.63, 3.8) is 0 Å². The SMILES string of the molecule is CCCCNCCN1Cc2ccccc2-c2ncsc21. The molecule has 2 aromatic rings. The zero-order chi connectivity index (χ0) is 13.8. The monoisotopic (exact) mass is 287 g/mol. The van der Waals surface area contributed by atoms with Crippen LogP contribution in [-0.4, -0.2) is 24.6 Å². The second kappa shape index (κ2) is 6.37. The first-order chi connectivity index (χ1) is 9.90. The first-order valence-electron chi connectivity index (χ1n) is 7.37. The molecule has 3 nitrogen and oxygen atoms in total. The van der Waals surface area contributed by atoms with E-state index in [1.165, 1.54) is 29.0 Å². The Bertz CT molecular complexity index is 564. The standard InChI is InChI=1S/C16H21N3S/c1-2-3-8-17-9-10-19-11-13-6-4-5-7-14(13)15-16(19)20-12-18-15/h4-7,12,17H,2-3,8-11H2,1H3. The zero-order valence-corrected chi connectivity index (χ0v) is 12.7. The lowest BCUT2D eigenvalue weighted by molar-refractivity contribution is 0.625. The normalized spacial score (nSPS) is 13.2. The van der Waals surface area contributed by atoms with Gasteiger partial charge in [0, 0.05) is 25.2 Å². The minimum absolute atomic E-state index is 1.00. The van der Waals surface area contributed by atoms with Gasteiger partial charge in [-0.05, 0) is 18.5 Å². The summed E-state index contributed by atoms with van der Waals surface area (Å²) in [5.74, 6) is 0. The summed E-state index contributed by atoms with van der Waals surface area (Å²) in [4.78, 5) is 7.02. The second-order valence-corrected chi connectivity index (χ2v) is 6.02. The van der Waals surface area contributed by atoms with Crippen LogP contribution in [0, 0.1) is 0 Å². The van der Waals surface area contributed by atoms with Crippen molar-refractivity contribution >= 4 is 16.3 Å². The number of aromatic nitrogens is 1. The first-order valence-corrected chi connectivity index (χ1v) is 8.25. The van der Waals surface area contributed by atoms with E-state index in [0.29, 0.717) is 0 Å². The maximum atomic E-state index is 4.56. The molecule has 0 spiro atoms. The molecule has 0 aliphatic carbocycles. The smallest absolute Gasteiger partial charge is 0.119 e. The molecule has 2 heterocycles. The van der Waals surface area contributed by atoms with Gasteiger partial charge >= 0.3 is 0 Å². The molecule has 20 heavy (non-hydrogen) atoms. The lowest BCUT2D eigenvalue weighted by Crippen LogP contribution is -2.33. The number of fused-ring (bicyclic) bond motifs is 3. The highest BCUT2D eigenvalue weighted by Crippen LogP contribution is 2.40. The Morgan fingerprint density at radius 2 is 2.20 bits per heavy atom. The maximum Gasteiger partial charge on any atom is 0.119 e. The Kier molecular flexibility index (Phi) is 4.33. The van der Waals surface area contributed by atoms with Crippen molar-refractivity contribution in [3.05, 3.63) is 35.3 Å². The van der Waals surface area contributed by atoms with E-state index in [4.69, 9.17) is 0 Å². The fourth-order valence-corrected chi connectivity index (χ4v) is 3.47. The molecule has 0 saturated carbocycles. The Morgan fingerprint density at radius 1 is 1.30 bits per heavy atom. The number of nitrogens with one attached hydrogen (secondary N) is 1. The van der Waals surface area contributed by atoms with E-state index < -0.39 is 0 Å². The molecule has 3 rings (SSSR count). The number of unbranched alkanes of at least 4 members (excludes halogenated alkanes) is 1. The van der Waals surface area contributed by atoms with Crippen LogP contribution in [0.1, 0.15) is 25.3 Å². The molecule has 1 N–H and O–H groups in total. The van der Waals surface area contributed by atoms with Gasteiger partial charge in [0.2, 0.25) is 0 Å². The van der Waals surface area contributed by atoms with Crippen molar-refractivity contribution in [1.29, 1.82) is 0 Å².